The highest BCUT2D eigenvalue weighted by Gasteiger charge is 2.32. The molecule has 0 spiro atoms. The minimum Gasteiger partial charge on any atom is -0.395 e. The van der Waals surface area contributed by atoms with Gasteiger partial charge in [-0.15, -0.1) is 0 Å². The molecule has 3 N–H and O–H groups in total. The van der Waals surface area contributed by atoms with E-state index in [1.54, 1.807) is 16.9 Å². The van der Waals surface area contributed by atoms with Gasteiger partial charge in [0.05, 0.1) is 13.2 Å². The van der Waals surface area contributed by atoms with Crippen molar-refractivity contribution in [3.63, 3.8) is 0 Å². The minimum absolute atomic E-state index is 0.0436. The fourth-order valence-electron chi connectivity index (χ4n) is 4.80. The number of nitriles is 1. The van der Waals surface area contributed by atoms with E-state index in [0.29, 0.717) is 31.9 Å². The number of aromatic nitrogens is 2. The molecule has 2 aromatic rings. The van der Waals surface area contributed by atoms with Crippen LogP contribution in [0.25, 0.3) is 5.57 Å². The van der Waals surface area contributed by atoms with Gasteiger partial charge in [0, 0.05) is 56.7 Å². The lowest BCUT2D eigenvalue weighted by atomic mass is 9.88. The second-order valence-electron chi connectivity index (χ2n) is 9.07. The predicted molar refractivity (Wildman–Crippen MR) is 134 cm³/mol. The van der Waals surface area contributed by atoms with Crippen LogP contribution in [0.3, 0.4) is 0 Å². The Kier molecular flexibility index (Phi) is 8.36. The third-order valence-electron chi connectivity index (χ3n) is 6.67. The number of allylic oxidation sites excluding steroid dienone is 2. The monoisotopic (exact) mass is 492 g/mol. The highest BCUT2D eigenvalue weighted by atomic mass is 16.5. The van der Waals surface area contributed by atoms with Crippen molar-refractivity contribution >= 4 is 23.2 Å². The molecule has 1 fully saturated rings. The Morgan fingerprint density at radius 3 is 2.78 bits per heavy atom. The number of β-amino-alcohol motifs (C(OH)–C–C–N with tert-alkyl or cyclic N) is 1. The number of aliphatic hydroxyl groups excluding tert-OH is 1. The Labute approximate surface area is 210 Å². The van der Waals surface area contributed by atoms with E-state index >= 15 is 0 Å². The Bertz CT molecular complexity index is 1170. The summed E-state index contributed by atoms with van der Waals surface area (Å²) in [5.41, 5.74) is 4.05. The molecule has 1 aliphatic carbocycles. The maximum atomic E-state index is 12.8. The summed E-state index contributed by atoms with van der Waals surface area (Å²) in [7, 11) is 1.61. The molecule has 1 atom stereocenters. The van der Waals surface area contributed by atoms with Gasteiger partial charge in [-0.25, -0.2) is 9.78 Å². The lowest BCUT2D eigenvalue weighted by molar-refractivity contribution is 0.0905. The Morgan fingerprint density at radius 1 is 1.31 bits per heavy atom. The summed E-state index contributed by atoms with van der Waals surface area (Å²) in [5, 5.41) is 21.5. The first-order chi connectivity index (χ1) is 17.5. The summed E-state index contributed by atoms with van der Waals surface area (Å²) in [6.45, 7) is 2.16. The fraction of sp³-hybridized carbons (Fsp3) is 0.462. The number of imidazole rings is 1. The number of benzene rings is 1. The molecule has 2 heterocycles. The number of anilines is 1. The second kappa shape index (κ2) is 11.8. The molecule has 1 aromatic heterocycles. The second-order valence-corrected chi connectivity index (χ2v) is 9.07. The van der Waals surface area contributed by atoms with Crippen molar-refractivity contribution in [2.24, 2.45) is 0 Å². The van der Waals surface area contributed by atoms with Crippen molar-refractivity contribution in [2.75, 3.05) is 51.8 Å². The van der Waals surface area contributed by atoms with Gasteiger partial charge in [0.25, 0.3) is 5.91 Å². The number of carbonyl (C=O) groups excluding carboxylic acids is 2. The van der Waals surface area contributed by atoms with Gasteiger partial charge in [0.2, 0.25) is 0 Å². The Hall–Kier alpha value is -3.68. The van der Waals surface area contributed by atoms with Crippen molar-refractivity contribution < 1.29 is 19.4 Å². The molecule has 10 heteroatoms. The highest BCUT2D eigenvalue weighted by molar-refractivity contribution is 6.03. The van der Waals surface area contributed by atoms with Crippen molar-refractivity contribution in [3.05, 3.63) is 53.1 Å². The summed E-state index contributed by atoms with van der Waals surface area (Å²) in [6.07, 6.45) is 7.77. The lowest BCUT2D eigenvalue weighted by Crippen LogP contribution is -2.54. The molecule has 190 valence electrons. The summed E-state index contributed by atoms with van der Waals surface area (Å²) in [6, 6.07) is 7.82. The number of aromatic amines is 1. The molecule has 36 heavy (non-hydrogen) atoms. The largest absolute Gasteiger partial charge is 0.395 e. The zero-order valence-corrected chi connectivity index (χ0v) is 20.5. The predicted octanol–water partition coefficient (Wildman–Crippen LogP) is 2.95. The topological polar surface area (TPSA) is 135 Å². The number of carbonyl (C=O) groups is 2. The molecule has 0 saturated carbocycles. The van der Waals surface area contributed by atoms with E-state index in [0.717, 1.165) is 36.8 Å². The first-order valence-corrected chi connectivity index (χ1v) is 12.3. The number of nitrogens with one attached hydrogen (secondary N) is 2. The van der Waals surface area contributed by atoms with E-state index in [-0.39, 0.29) is 36.6 Å². The molecular formula is C26H32N6O4. The molecule has 1 aliphatic heterocycles. The third-order valence-corrected chi connectivity index (χ3v) is 6.67. The molecular weight excluding hydrogens is 460 g/mol. The van der Waals surface area contributed by atoms with Crippen molar-refractivity contribution in [1.29, 1.82) is 5.26 Å². The smallest absolute Gasteiger partial charge is 0.320 e. The van der Waals surface area contributed by atoms with Crippen LogP contribution in [0.1, 0.15) is 59.0 Å². The van der Waals surface area contributed by atoms with Gasteiger partial charge in [0.15, 0.2) is 11.5 Å². The van der Waals surface area contributed by atoms with Crippen LogP contribution >= 0.6 is 0 Å². The molecule has 10 nitrogen and oxygen atoms in total. The van der Waals surface area contributed by atoms with E-state index in [1.165, 1.54) is 11.8 Å². The number of urea groups is 1. The van der Waals surface area contributed by atoms with E-state index in [1.807, 2.05) is 18.2 Å². The fourth-order valence-corrected chi connectivity index (χ4v) is 4.80. The van der Waals surface area contributed by atoms with Gasteiger partial charge in [-0.1, -0.05) is 12.1 Å². The van der Waals surface area contributed by atoms with Crippen molar-refractivity contribution in [3.8, 4) is 6.07 Å². The third kappa shape index (κ3) is 5.75. The van der Waals surface area contributed by atoms with E-state index in [4.69, 9.17) is 10.00 Å². The number of ether oxygens (including phenoxy) is 1. The molecule has 1 unspecified atom stereocenters. The molecule has 1 aromatic carbocycles. The maximum absolute atomic E-state index is 12.8. The van der Waals surface area contributed by atoms with Gasteiger partial charge >= 0.3 is 6.03 Å². The Balaban J connectivity index is 1.64. The SMILES string of the molecule is COCCN1CC(c2ccc(NC(=O)c3nc(C#N)c[nH]3)c(C3=CCCCC3)c2)CN(CCO)C1=O. The number of rotatable bonds is 9. The van der Waals surface area contributed by atoms with Crippen LogP contribution in [-0.4, -0.2) is 83.3 Å². The molecule has 1 saturated heterocycles. The van der Waals surface area contributed by atoms with E-state index in [9.17, 15) is 14.7 Å². The summed E-state index contributed by atoms with van der Waals surface area (Å²) in [4.78, 5) is 35.9. The molecule has 0 radical (unpaired) electrons. The van der Waals surface area contributed by atoms with Crippen molar-refractivity contribution in [2.45, 2.75) is 31.6 Å². The standard InChI is InChI=1S/C26H32N6O4/c1-36-12-10-32-17-20(16-31(9-11-33)26(32)35)19-7-8-23(22(13-19)18-5-3-2-4-6-18)30-25(34)24-28-15-21(14-27)29-24/h5,7-8,13,15,20,33H,2-4,6,9-12,16-17H2,1H3,(H,28,29)(H,30,34). The van der Waals surface area contributed by atoms with Crippen LogP contribution < -0.4 is 5.32 Å². The van der Waals surface area contributed by atoms with Crippen LogP contribution in [0.2, 0.25) is 0 Å². The number of methoxy groups -OCH3 is 1. The van der Waals surface area contributed by atoms with Gasteiger partial charge in [-0.05, 0) is 49.0 Å². The normalized spacial score (nSPS) is 18.1. The van der Waals surface area contributed by atoms with Crippen LogP contribution in [0.4, 0.5) is 10.5 Å². The number of hydrogen-bond donors (Lipinski definition) is 3. The van der Waals surface area contributed by atoms with Gasteiger partial charge in [0.1, 0.15) is 6.07 Å². The van der Waals surface area contributed by atoms with Crippen LogP contribution in [0.5, 0.6) is 0 Å². The summed E-state index contributed by atoms with van der Waals surface area (Å²) >= 11 is 0. The zero-order chi connectivity index (χ0) is 25.5. The number of nitrogens with zero attached hydrogens (tertiary/aromatic N) is 4. The van der Waals surface area contributed by atoms with Crippen LogP contribution in [-0.2, 0) is 4.74 Å². The minimum atomic E-state index is -0.412. The summed E-state index contributed by atoms with van der Waals surface area (Å²) in [5.74, 6) is -0.287. The van der Waals surface area contributed by atoms with Gasteiger partial charge in [-0.2, -0.15) is 5.26 Å². The average Bonchev–Trinajstić information content (AvgIpc) is 3.40. The molecule has 3 amide bonds. The number of H-pyrrole nitrogens is 1. The number of amides is 3. The lowest BCUT2D eigenvalue weighted by Gasteiger charge is -2.40. The average molecular weight is 493 g/mol. The van der Waals surface area contributed by atoms with Crippen molar-refractivity contribution in [1.82, 2.24) is 19.8 Å². The molecule has 0 bridgehead atoms. The highest BCUT2D eigenvalue weighted by Crippen LogP contribution is 2.35. The maximum Gasteiger partial charge on any atom is 0.320 e. The molecule has 2 aliphatic rings. The van der Waals surface area contributed by atoms with Crippen LogP contribution in [0, 0.1) is 11.3 Å². The zero-order valence-electron chi connectivity index (χ0n) is 20.5. The quantitative estimate of drug-likeness (QED) is 0.493. The van der Waals surface area contributed by atoms with E-state index in [2.05, 4.69) is 27.4 Å². The number of hydrogen-bond acceptors (Lipinski definition) is 6. The Morgan fingerprint density at radius 2 is 2.11 bits per heavy atom. The van der Waals surface area contributed by atoms with Gasteiger partial charge < -0.3 is 29.9 Å². The number of aliphatic hydroxyl groups is 1. The first kappa shape index (κ1) is 25.4. The summed E-state index contributed by atoms with van der Waals surface area (Å²) < 4.78 is 5.19. The molecule has 4 rings (SSSR count). The first-order valence-electron chi connectivity index (χ1n) is 12.3. The van der Waals surface area contributed by atoms with E-state index < -0.39 is 5.91 Å². The van der Waals surface area contributed by atoms with Gasteiger partial charge in [-0.3, -0.25) is 4.79 Å². The van der Waals surface area contributed by atoms with Crippen LogP contribution in [0.15, 0.2) is 30.5 Å².